The normalized spacial score (nSPS) is 20.6. The molecule has 0 saturated heterocycles. The van der Waals surface area contributed by atoms with E-state index >= 15 is 0 Å². The number of hydrogen-bond acceptors (Lipinski definition) is 4. The van der Waals surface area contributed by atoms with E-state index in [2.05, 4.69) is 5.32 Å². The Hall–Kier alpha value is -0.550. The highest BCUT2D eigenvalue weighted by Gasteiger charge is 2.30. The summed E-state index contributed by atoms with van der Waals surface area (Å²) in [6.07, 6.45) is 4.10. The van der Waals surface area contributed by atoms with E-state index in [0.717, 1.165) is 18.7 Å². The Morgan fingerprint density at radius 3 is 2.67 bits per heavy atom. The molecule has 0 aromatic rings. The molecule has 2 atom stereocenters. The summed E-state index contributed by atoms with van der Waals surface area (Å²) in [7, 11) is -3.05. The van der Waals surface area contributed by atoms with Gasteiger partial charge >= 0.3 is 0 Å². The molecular weight excluding hydrogens is 214 g/mol. The maximum absolute atomic E-state index is 11.5. The van der Waals surface area contributed by atoms with Crippen molar-refractivity contribution in [3.63, 3.8) is 0 Å². The molecule has 15 heavy (non-hydrogen) atoms. The van der Waals surface area contributed by atoms with Crippen molar-refractivity contribution in [2.75, 3.05) is 19.4 Å². The third-order valence-corrected chi connectivity index (χ3v) is 4.23. The Morgan fingerprint density at radius 1 is 1.60 bits per heavy atom. The van der Waals surface area contributed by atoms with E-state index in [-0.39, 0.29) is 6.04 Å². The average molecular weight is 233 g/mol. The van der Waals surface area contributed by atoms with Crippen LogP contribution in [0.2, 0.25) is 0 Å². The van der Waals surface area contributed by atoms with E-state index in [0.29, 0.717) is 6.61 Å². The summed E-state index contributed by atoms with van der Waals surface area (Å²) < 4.78 is 28.4. The number of sulfone groups is 1. The molecule has 1 aliphatic heterocycles. The summed E-state index contributed by atoms with van der Waals surface area (Å²) in [4.78, 5) is 0. The van der Waals surface area contributed by atoms with Crippen LogP contribution in [0.5, 0.6) is 0 Å². The molecule has 0 spiro atoms. The Balaban J connectivity index is 2.82. The van der Waals surface area contributed by atoms with Crippen LogP contribution in [0.1, 0.15) is 20.3 Å². The highest BCUT2D eigenvalue weighted by molar-refractivity contribution is 7.91. The van der Waals surface area contributed by atoms with Gasteiger partial charge in [0.05, 0.1) is 17.9 Å². The second kappa shape index (κ2) is 4.99. The van der Waals surface area contributed by atoms with Crippen molar-refractivity contribution in [1.29, 1.82) is 0 Å². The summed E-state index contributed by atoms with van der Waals surface area (Å²) in [5.41, 5.74) is 0. The number of likely N-dealkylation sites (N-methyl/N-ethyl adjacent to an activating group) is 1. The zero-order valence-electron chi connectivity index (χ0n) is 9.49. The second-order valence-electron chi connectivity index (χ2n) is 3.81. The van der Waals surface area contributed by atoms with Crippen LogP contribution >= 0.6 is 0 Å². The van der Waals surface area contributed by atoms with Crippen LogP contribution < -0.4 is 5.32 Å². The van der Waals surface area contributed by atoms with Crippen LogP contribution in [0.15, 0.2) is 11.8 Å². The average Bonchev–Trinajstić information content (AvgIpc) is 2.64. The predicted octanol–water partition coefficient (Wildman–Crippen LogP) is 0.702. The van der Waals surface area contributed by atoms with Crippen molar-refractivity contribution in [3.05, 3.63) is 11.8 Å². The smallest absolute Gasteiger partial charge is 0.152 e. The molecule has 0 radical (unpaired) electrons. The summed E-state index contributed by atoms with van der Waals surface area (Å²) >= 11 is 0. The molecule has 0 saturated carbocycles. The molecule has 0 aromatic carbocycles. The Morgan fingerprint density at radius 2 is 2.27 bits per heavy atom. The van der Waals surface area contributed by atoms with Gasteiger partial charge in [-0.2, -0.15) is 0 Å². The molecule has 0 aliphatic carbocycles. The second-order valence-corrected chi connectivity index (χ2v) is 6.22. The largest absolute Gasteiger partial charge is 0.496 e. The van der Waals surface area contributed by atoms with Crippen LogP contribution in [0.25, 0.3) is 0 Å². The predicted molar refractivity (Wildman–Crippen MR) is 60.4 cm³/mol. The molecule has 0 fully saturated rings. The van der Waals surface area contributed by atoms with Gasteiger partial charge in [0, 0.05) is 12.7 Å². The van der Waals surface area contributed by atoms with Crippen LogP contribution in [-0.4, -0.2) is 39.1 Å². The molecule has 1 heterocycles. The Labute approximate surface area is 91.6 Å². The van der Waals surface area contributed by atoms with Crippen molar-refractivity contribution >= 4 is 9.84 Å². The minimum atomic E-state index is -3.05. The summed E-state index contributed by atoms with van der Waals surface area (Å²) in [5, 5.41) is 2.70. The first-order chi connectivity index (χ1) is 6.96. The fourth-order valence-corrected chi connectivity index (χ4v) is 2.34. The van der Waals surface area contributed by atoms with Gasteiger partial charge in [0.25, 0.3) is 0 Å². The lowest BCUT2D eigenvalue weighted by atomic mass is 10.1. The zero-order valence-corrected chi connectivity index (χ0v) is 10.3. The molecule has 0 bridgehead atoms. The van der Waals surface area contributed by atoms with E-state index < -0.39 is 15.1 Å². The monoisotopic (exact) mass is 233 g/mol. The van der Waals surface area contributed by atoms with Gasteiger partial charge in [-0.15, -0.1) is 0 Å². The maximum Gasteiger partial charge on any atom is 0.152 e. The SMILES string of the molecule is CCNC(C1=CCCO1)C(C)S(C)(=O)=O. The van der Waals surface area contributed by atoms with Gasteiger partial charge < -0.3 is 10.1 Å². The minimum Gasteiger partial charge on any atom is -0.496 e. The third kappa shape index (κ3) is 3.21. The lowest BCUT2D eigenvalue weighted by Gasteiger charge is -2.24. The first-order valence-electron chi connectivity index (χ1n) is 5.22. The lowest BCUT2D eigenvalue weighted by molar-refractivity contribution is 0.214. The molecule has 5 heteroatoms. The van der Waals surface area contributed by atoms with Crippen LogP contribution in [0, 0.1) is 0 Å². The maximum atomic E-state index is 11.5. The number of hydrogen-bond donors (Lipinski definition) is 1. The van der Waals surface area contributed by atoms with E-state index in [9.17, 15) is 8.42 Å². The highest BCUT2D eigenvalue weighted by Crippen LogP contribution is 2.19. The fourth-order valence-electron chi connectivity index (χ4n) is 1.62. The van der Waals surface area contributed by atoms with E-state index in [4.69, 9.17) is 4.74 Å². The fraction of sp³-hybridized carbons (Fsp3) is 0.800. The molecule has 4 nitrogen and oxygen atoms in total. The molecule has 0 aromatic heterocycles. The summed E-state index contributed by atoms with van der Waals surface area (Å²) in [6.45, 7) is 5.06. The number of ether oxygens (including phenoxy) is 1. The molecule has 2 unspecified atom stereocenters. The van der Waals surface area contributed by atoms with E-state index in [1.54, 1.807) is 6.92 Å². The van der Waals surface area contributed by atoms with Crippen molar-refractivity contribution in [1.82, 2.24) is 5.32 Å². The van der Waals surface area contributed by atoms with Crippen molar-refractivity contribution < 1.29 is 13.2 Å². The molecule has 1 aliphatic rings. The van der Waals surface area contributed by atoms with Gasteiger partial charge in [-0.25, -0.2) is 8.42 Å². The third-order valence-electron chi connectivity index (χ3n) is 2.61. The molecule has 88 valence electrons. The van der Waals surface area contributed by atoms with Gasteiger partial charge in [0.15, 0.2) is 9.84 Å². The van der Waals surface area contributed by atoms with Crippen LogP contribution in [0.3, 0.4) is 0 Å². The van der Waals surface area contributed by atoms with Crippen molar-refractivity contribution in [2.24, 2.45) is 0 Å². The van der Waals surface area contributed by atoms with Gasteiger partial charge in [-0.3, -0.25) is 0 Å². The minimum absolute atomic E-state index is 0.215. The zero-order chi connectivity index (χ0) is 11.5. The number of nitrogens with one attached hydrogen (secondary N) is 1. The first kappa shape index (κ1) is 12.5. The summed E-state index contributed by atoms with van der Waals surface area (Å²) in [5.74, 6) is 0.773. The molecule has 1 rings (SSSR count). The van der Waals surface area contributed by atoms with E-state index in [1.165, 1.54) is 6.26 Å². The Bertz CT molecular complexity index is 335. The number of rotatable bonds is 5. The van der Waals surface area contributed by atoms with Gasteiger partial charge in [0.2, 0.25) is 0 Å². The van der Waals surface area contributed by atoms with Gasteiger partial charge in [-0.05, 0) is 19.5 Å². The molecule has 1 N–H and O–H groups in total. The quantitative estimate of drug-likeness (QED) is 0.759. The van der Waals surface area contributed by atoms with Gasteiger partial charge in [0.1, 0.15) is 5.76 Å². The summed E-state index contributed by atoms with van der Waals surface area (Å²) in [6, 6.07) is -0.215. The Kier molecular flexibility index (Phi) is 4.16. The standard InChI is InChI=1S/C10H19NO3S/c1-4-11-10(8(2)15(3,12)13)9-6-5-7-14-9/h6,8,10-11H,4-5,7H2,1-3H3. The topological polar surface area (TPSA) is 55.4 Å². The van der Waals surface area contributed by atoms with Crippen molar-refractivity contribution in [2.45, 2.75) is 31.6 Å². The van der Waals surface area contributed by atoms with Gasteiger partial charge in [-0.1, -0.05) is 6.92 Å². The van der Waals surface area contributed by atoms with Crippen LogP contribution in [0.4, 0.5) is 0 Å². The van der Waals surface area contributed by atoms with Crippen LogP contribution in [-0.2, 0) is 14.6 Å². The lowest BCUT2D eigenvalue weighted by Crippen LogP contribution is -2.43. The van der Waals surface area contributed by atoms with Crippen molar-refractivity contribution in [3.8, 4) is 0 Å². The first-order valence-corrected chi connectivity index (χ1v) is 7.17. The molecule has 0 amide bonds. The molecular formula is C10H19NO3S. The highest BCUT2D eigenvalue weighted by atomic mass is 32.2. The van der Waals surface area contributed by atoms with E-state index in [1.807, 2.05) is 13.0 Å².